The third-order valence-electron chi connectivity index (χ3n) is 3.82. The van der Waals surface area contributed by atoms with E-state index in [1.807, 2.05) is 13.8 Å². The van der Waals surface area contributed by atoms with Crippen LogP contribution < -0.4 is 15.4 Å². The molecule has 0 amide bonds. The van der Waals surface area contributed by atoms with Crippen molar-refractivity contribution in [1.82, 2.24) is 15.3 Å². The van der Waals surface area contributed by atoms with Crippen molar-refractivity contribution in [1.29, 1.82) is 0 Å². The van der Waals surface area contributed by atoms with Crippen molar-refractivity contribution in [2.24, 2.45) is 5.92 Å². The molecule has 6 heteroatoms. The van der Waals surface area contributed by atoms with Gasteiger partial charge in [-0.25, -0.2) is 9.97 Å². The molecule has 1 fully saturated rings. The number of rotatable bonds is 5. The van der Waals surface area contributed by atoms with Crippen molar-refractivity contribution in [2.75, 3.05) is 25.0 Å². The number of anilines is 1. The second-order valence-corrected chi connectivity index (χ2v) is 6.07. The van der Waals surface area contributed by atoms with Gasteiger partial charge < -0.3 is 20.1 Å². The quantitative estimate of drug-likeness (QED) is 0.867. The number of aromatic nitrogens is 2. The molecule has 0 radical (unpaired) electrons. The first-order valence-electron chi connectivity index (χ1n) is 8.17. The molecule has 1 aliphatic heterocycles. The highest BCUT2D eigenvalue weighted by molar-refractivity contribution is 5.41. The summed E-state index contributed by atoms with van der Waals surface area (Å²) in [5, 5.41) is 6.60. The number of nitrogens with zero attached hydrogens (tertiary/aromatic N) is 2. The van der Waals surface area contributed by atoms with Gasteiger partial charge in [-0.05, 0) is 26.3 Å². The number of ether oxygens (including phenoxy) is 2. The van der Waals surface area contributed by atoms with Gasteiger partial charge in [0.1, 0.15) is 0 Å². The summed E-state index contributed by atoms with van der Waals surface area (Å²) < 4.78 is 11.4. The first-order chi connectivity index (χ1) is 11.2. The predicted molar refractivity (Wildman–Crippen MR) is 89.4 cm³/mol. The predicted octanol–water partition coefficient (Wildman–Crippen LogP) is 2.12. The molecule has 1 aliphatic carbocycles. The van der Waals surface area contributed by atoms with Crippen molar-refractivity contribution in [3.63, 3.8) is 0 Å². The van der Waals surface area contributed by atoms with E-state index in [2.05, 4.69) is 38.8 Å². The summed E-state index contributed by atoms with van der Waals surface area (Å²) in [5.74, 6) is 1.68. The van der Waals surface area contributed by atoms with Gasteiger partial charge in [0.15, 0.2) is 5.75 Å². The Hall–Kier alpha value is -1.92. The molecule has 1 aromatic rings. The van der Waals surface area contributed by atoms with Crippen LogP contribution in [0, 0.1) is 5.92 Å². The zero-order valence-corrected chi connectivity index (χ0v) is 13.7. The highest BCUT2D eigenvalue weighted by atomic mass is 16.5. The third kappa shape index (κ3) is 4.53. The Kier molecular flexibility index (Phi) is 5.25. The van der Waals surface area contributed by atoms with Gasteiger partial charge in [0.25, 0.3) is 0 Å². The topological polar surface area (TPSA) is 68.3 Å². The van der Waals surface area contributed by atoms with Gasteiger partial charge in [0, 0.05) is 24.7 Å². The van der Waals surface area contributed by atoms with Crippen LogP contribution in [-0.2, 0) is 4.74 Å². The van der Waals surface area contributed by atoms with E-state index in [1.165, 1.54) is 0 Å². The van der Waals surface area contributed by atoms with Crippen LogP contribution in [0.4, 0.5) is 5.95 Å². The fraction of sp³-hybridized carbons (Fsp3) is 0.529. The van der Waals surface area contributed by atoms with Crippen LogP contribution in [-0.4, -0.2) is 41.9 Å². The molecule has 23 heavy (non-hydrogen) atoms. The smallest absolute Gasteiger partial charge is 0.227 e. The van der Waals surface area contributed by atoms with E-state index in [0.29, 0.717) is 17.6 Å². The van der Waals surface area contributed by atoms with Gasteiger partial charge in [-0.1, -0.05) is 12.2 Å². The number of nitrogens with one attached hydrogen (secondary N) is 2. The van der Waals surface area contributed by atoms with Crippen molar-refractivity contribution < 1.29 is 9.47 Å². The first-order valence-corrected chi connectivity index (χ1v) is 8.17. The minimum Gasteiger partial charge on any atom is -0.488 e. The third-order valence-corrected chi connectivity index (χ3v) is 3.82. The first kappa shape index (κ1) is 16.0. The van der Waals surface area contributed by atoms with Crippen molar-refractivity contribution >= 4 is 5.95 Å². The Morgan fingerprint density at radius 1 is 1.35 bits per heavy atom. The molecule has 0 saturated carbocycles. The summed E-state index contributed by atoms with van der Waals surface area (Å²) in [4.78, 5) is 8.56. The summed E-state index contributed by atoms with van der Waals surface area (Å²) in [7, 11) is 0. The number of allylic oxidation sites excluding steroid dienone is 2. The molecule has 1 saturated heterocycles. The highest BCUT2D eigenvalue weighted by Gasteiger charge is 2.23. The Labute approximate surface area is 137 Å². The maximum Gasteiger partial charge on any atom is 0.227 e. The van der Waals surface area contributed by atoms with Gasteiger partial charge in [0.05, 0.1) is 31.2 Å². The van der Waals surface area contributed by atoms with E-state index >= 15 is 0 Å². The molecule has 0 spiro atoms. The van der Waals surface area contributed by atoms with Crippen LogP contribution in [0.1, 0.15) is 20.3 Å². The van der Waals surface area contributed by atoms with Crippen LogP contribution >= 0.6 is 0 Å². The van der Waals surface area contributed by atoms with Crippen LogP contribution in [0.3, 0.4) is 0 Å². The molecule has 2 heterocycles. The van der Waals surface area contributed by atoms with Crippen LogP contribution in [0.15, 0.2) is 36.3 Å². The highest BCUT2D eigenvalue weighted by Crippen LogP contribution is 2.23. The monoisotopic (exact) mass is 316 g/mol. The van der Waals surface area contributed by atoms with E-state index in [-0.39, 0.29) is 12.2 Å². The second-order valence-electron chi connectivity index (χ2n) is 6.07. The molecule has 0 bridgehead atoms. The lowest BCUT2D eigenvalue weighted by Gasteiger charge is -2.30. The van der Waals surface area contributed by atoms with Crippen molar-refractivity contribution in [2.45, 2.75) is 32.5 Å². The van der Waals surface area contributed by atoms with Gasteiger partial charge in [-0.2, -0.15) is 0 Å². The maximum absolute atomic E-state index is 5.81. The van der Waals surface area contributed by atoms with E-state index in [1.54, 1.807) is 12.4 Å². The van der Waals surface area contributed by atoms with Crippen LogP contribution in [0.25, 0.3) is 0 Å². The van der Waals surface area contributed by atoms with E-state index in [9.17, 15) is 0 Å². The largest absolute Gasteiger partial charge is 0.488 e. The second kappa shape index (κ2) is 7.57. The van der Waals surface area contributed by atoms with Gasteiger partial charge in [0.2, 0.25) is 5.95 Å². The molecule has 0 aromatic carbocycles. The molecular weight excluding hydrogens is 292 g/mol. The lowest BCUT2D eigenvalue weighted by molar-refractivity contribution is 0.00355. The molecule has 2 N–H and O–H groups in total. The number of hydrogen-bond acceptors (Lipinski definition) is 6. The van der Waals surface area contributed by atoms with Crippen LogP contribution in [0.5, 0.6) is 5.75 Å². The van der Waals surface area contributed by atoms with E-state index in [4.69, 9.17) is 9.47 Å². The Morgan fingerprint density at radius 2 is 2.17 bits per heavy atom. The SMILES string of the molecule is CC(C)Oc1cnc(NC2=CCC([C@H]3CNCCO3)C=C2)nc1. The fourth-order valence-corrected chi connectivity index (χ4v) is 2.71. The Bertz CT molecular complexity index is 562. The van der Waals surface area contributed by atoms with Gasteiger partial charge >= 0.3 is 0 Å². The molecule has 3 rings (SSSR count). The van der Waals surface area contributed by atoms with E-state index in [0.717, 1.165) is 31.8 Å². The molecule has 1 aromatic heterocycles. The van der Waals surface area contributed by atoms with Gasteiger partial charge in [-0.3, -0.25) is 0 Å². The summed E-state index contributed by atoms with van der Waals surface area (Å²) >= 11 is 0. The molecular formula is C17H24N4O2. The lowest BCUT2D eigenvalue weighted by Crippen LogP contribution is -2.42. The molecule has 2 atom stereocenters. The summed E-state index contributed by atoms with van der Waals surface area (Å²) in [6, 6.07) is 0. The minimum absolute atomic E-state index is 0.120. The lowest BCUT2D eigenvalue weighted by atomic mass is 9.93. The van der Waals surface area contributed by atoms with Crippen molar-refractivity contribution in [3.05, 3.63) is 36.3 Å². The zero-order valence-electron chi connectivity index (χ0n) is 13.7. The molecule has 124 valence electrons. The summed E-state index contributed by atoms with van der Waals surface area (Å²) in [6.07, 6.45) is 11.2. The number of morpholine rings is 1. The normalized spacial score (nSPS) is 24.4. The average molecular weight is 316 g/mol. The molecule has 2 aliphatic rings. The number of hydrogen-bond donors (Lipinski definition) is 2. The maximum atomic E-state index is 5.81. The zero-order chi connectivity index (χ0) is 16.1. The van der Waals surface area contributed by atoms with Crippen LogP contribution in [0.2, 0.25) is 0 Å². The van der Waals surface area contributed by atoms with Crippen molar-refractivity contribution in [3.8, 4) is 5.75 Å². The Balaban J connectivity index is 1.53. The fourth-order valence-electron chi connectivity index (χ4n) is 2.71. The Morgan fingerprint density at radius 3 is 2.78 bits per heavy atom. The molecule has 1 unspecified atom stereocenters. The van der Waals surface area contributed by atoms with E-state index < -0.39 is 0 Å². The standard InChI is InChI=1S/C17H24N4O2/c1-12(2)23-15-9-19-17(20-10-15)21-14-5-3-13(4-6-14)16-11-18-7-8-22-16/h3,5-6,9-10,12-13,16,18H,4,7-8,11H2,1-2H3,(H,19,20,21)/t13?,16-/m1/s1. The minimum atomic E-state index is 0.120. The average Bonchev–Trinajstić information content (AvgIpc) is 2.58. The summed E-state index contributed by atoms with van der Waals surface area (Å²) in [6.45, 7) is 6.62. The van der Waals surface area contributed by atoms with Gasteiger partial charge in [-0.15, -0.1) is 0 Å². The molecule has 6 nitrogen and oxygen atoms in total. The summed E-state index contributed by atoms with van der Waals surface area (Å²) in [5.41, 5.74) is 1.02.